The Hall–Kier alpha value is -1.16. The first-order valence-electron chi connectivity index (χ1n) is 4.98. The molecule has 2 N–H and O–H groups in total. The third-order valence-corrected chi connectivity index (χ3v) is 2.27. The number of aromatic nitrogens is 1. The van der Waals surface area contributed by atoms with E-state index in [1.807, 2.05) is 19.2 Å². The van der Waals surface area contributed by atoms with Gasteiger partial charge in [-0.3, -0.25) is 0 Å². The van der Waals surface area contributed by atoms with Gasteiger partial charge in [-0.15, -0.1) is 0 Å². The molecule has 0 fully saturated rings. The maximum Gasteiger partial charge on any atom is 0.138 e. The standard InChI is InChI=1S/C11H17N3S/c1-8(2)7-14(3)11-9(10(12)15)5-4-6-13-11/h4-6,8H,7H2,1-3H3,(H2,12,15). The number of rotatable bonds is 4. The second kappa shape index (κ2) is 5.07. The van der Waals surface area contributed by atoms with Gasteiger partial charge in [0.25, 0.3) is 0 Å². The molecule has 0 aliphatic rings. The molecule has 0 bridgehead atoms. The molecular formula is C11H17N3S. The van der Waals surface area contributed by atoms with Gasteiger partial charge in [0, 0.05) is 19.8 Å². The largest absolute Gasteiger partial charge is 0.389 e. The van der Waals surface area contributed by atoms with Crippen molar-refractivity contribution in [3.8, 4) is 0 Å². The van der Waals surface area contributed by atoms with Gasteiger partial charge in [-0.1, -0.05) is 26.1 Å². The molecule has 0 aliphatic carbocycles. The molecule has 0 amide bonds. The SMILES string of the molecule is CC(C)CN(C)c1ncccc1C(N)=S. The molecule has 3 nitrogen and oxygen atoms in total. The van der Waals surface area contributed by atoms with Gasteiger partial charge >= 0.3 is 0 Å². The highest BCUT2D eigenvalue weighted by molar-refractivity contribution is 7.80. The fourth-order valence-corrected chi connectivity index (χ4v) is 1.69. The van der Waals surface area contributed by atoms with Crippen LogP contribution in [0, 0.1) is 5.92 Å². The number of nitrogens with two attached hydrogens (primary N) is 1. The van der Waals surface area contributed by atoms with Crippen LogP contribution >= 0.6 is 12.2 Å². The van der Waals surface area contributed by atoms with Crippen molar-refractivity contribution < 1.29 is 0 Å². The van der Waals surface area contributed by atoms with E-state index in [-0.39, 0.29) is 0 Å². The Bertz CT molecular complexity index is 349. The van der Waals surface area contributed by atoms with Gasteiger partial charge in [0.15, 0.2) is 0 Å². The van der Waals surface area contributed by atoms with Crippen LogP contribution in [0.2, 0.25) is 0 Å². The van der Waals surface area contributed by atoms with E-state index in [1.54, 1.807) is 6.20 Å². The first-order valence-corrected chi connectivity index (χ1v) is 5.39. The molecule has 0 spiro atoms. The average Bonchev–Trinajstić information content (AvgIpc) is 2.16. The highest BCUT2D eigenvalue weighted by Crippen LogP contribution is 2.16. The van der Waals surface area contributed by atoms with Gasteiger partial charge in [-0.05, 0) is 18.1 Å². The lowest BCUT2D eigenvalue weighted by Gasteiger charge is -2.22. The first-order chi connectivity index (χ1) is 7.02. The van der Waals surface area contributed by atoms with Crippen LogP contribution < -0.4 is 10.6 Å². The number of pyridine rings is 1. The molecular weight excluding hydrogens is 206 g/mol. The normalized spacial score (nSPS) is 10.4. The minimum absolute atomic E-state index is 0.397. The van der Waals surface area contributed by atoms with Crippen molar-refractivity contribution >= 4 is 23.0 Å². The molecule has 0 atom stereocenters. The van der Waals surface area contributed by atoms with Crippen molar-refractivity contribution in [2.45, 2.75) is 13.8 Å². The molecule has 1 aromatic rings. The summed E-state index contributed by atoms with van der Waals surface area (Å²) in [5.41, 5.74) is 6.49. The quantitative estimate of drug-likeness (QED) is 0.790. The Morgan fingerprint density at radius 3 is 2.80 bits per heavy atom. The van der Waals surface area contributed by atoms with Crippen LogP contribution in [0.25, 0.3) is 0 Å². The molecule has 1 rings (SSSR count). The Balaban J connectivity index is 2.97. The smallest absolute Gasteiger partial charge is 0.138 e. The van der Waals surface area contributed by atoms with Crippen molar-refractivity contribution in [1.82, 2.24) is 4.98 Å². The molecule has 0 unspecified atom stereocenters. The molecule has 0 aromatic carbocycles. The third-order valence-electron chi connectivity index (χ3n) is 2.05. The molecule has 1 heterocycles. The van der Waals surface area contributed by atoms with Gasteiger partial charge in [-0.25, -0.2) is 4.98 Å². The van der Waals surface area contributed by atoms with Gasteiger partial charge in [-0.2, -0.15) is 0 Å². The second-order valence-corrected chi connectivity index (χ2v) is 4.45. The van der Waals surface area contributed by atoms with Crippen LogP contribution in [-0.2, 0) is 0 Å². The molecule has 0 saturated heterocycles. The number of hydrogen-bond acceptors (Lipinski definition) is 3. The van der Waals surface area contributed by atoms with Crippen LogP contribution in [0.1, 0.15) is 19.4 Å². The van der Waals surface area contributed by atoms with Gasteiger partial charge in [0.05, 0.1) is 5.56 Å². The van der Waals surface area contributed by atoms with E-state index < -0.39 is 0 Å². The van der Waals surface area contributed by atoms with Crippen LogP contribution in [0.4, 0.5) is 5.82 Å². The summed E-state index contributed by atoms with van der Waals surface area (Å²) in [5.74, 6) is 1.44. The molecule has 1 aromatic heterocycles. The number of hydrogen-bond donors (Lipinski definition) is 1. The monoisotopic (exact) mass is 223 g/mol. The third kappa shape index (κ3) is 3.16. The maximum absolute atomic E-state index is 5.65. The molecule has 82 valence electrons. The van der Waals surface area contributed by atoms with Gasteiger partial charge in [0.1, 0.15) is 10.8 Å². The van der Waals surface area contributed by atoms with Gasteiger partial charge < -0.3 is 10.6 Å². The summed E-state index contributed by atoms with van der Waals surface area (Å²) in [6.07, 6.45) is 1.76. The molecule has 0 aliphatic heterocycles. The number of thiocarbonyl (C=S) groups is 1. The van der Waals surface area contributed by atoms with Crippen molar-refractivity contribution in [1.29, 1.82) is 0 Å². The zero-order valence-corrected chi connectivity index (χ0v) is 10.2. The van der Waals surface area contributed by atoms with Crippen LogP contribution in [0.5, 0.6) is 0 Å². The Kier molecular flexibility index (Phi) is 4.03. The van der Waals surface area contributed by atoms with Crippen LogP contribution in [0.3, 0.4) is 0 Å². The van der Waals surface area contributed by atoms with Crippen molar-refractivity contribution in [3.05, 3.63) is 23.9 Å². The second-order valence-electron chi connectivity index (χ2n) is 4.01. The van der Waals surface area contributed by atoms with E-state index >= 15 is 0 Å². The zero-order valence-electron chi connectivity index (χ0n) is 9.40. The summed E-state index contributed by atoms with van der Waals surface area (Å²) in [4.78, 5) is 6.79. The highest BCUT2D eigenvalue weighted by atomic mass is 32.1. The molecule has 0 radical (unpaired) electrons. The highest BCUT2D eigenvalue weighted by Gasteiger charge is 2.11. The lowest BCUT2D eigenvalue weighted by atomic mass is 10.2. The zero-order chi connectivity index (χ0) is 11.4. The van der Waals surface area contributed by atoms with Crippen LogP contribution in [-0.4, -0.2) is 23.6 Å². The number of anilines is 1. The van der Waals surface area contributed by atoms with Crippen LogP contribution in [0.15, 0.2) is 18.3 Å². The molecule has 4 heteroatoms. The minimum Gasteiger partial charge on any atom is -0.389 e. The Morgan fingerprint density at radius 1 is 1.60 bits per heavy atom. The van der Waals surface area contributed by atoms with E-state index in [0.29, 0.717) is 10.9 Å². The molecule has 15 heavy (non-hydrogen) atoms. The summed E-state index contributed by atoms with van der Waals surface area (Å²) in [7, 11) is 2.00. The van der Waals surface area contributed by atoms with Crippen molar-refractivity contribution in [2.75, 3.05) is 18.5 Å². The topological polar surface area (TPSA) is 42.2 Å². The van der Waals surface area contributed by atoms with Crippen molar-refractivity contribution in [2.24, 2.45) is 11.7 Å². The summed E-state index contributed by atoms with van der Waals surface area (Å²) < 4.78 is 0. The summed E-state index contributed by atoms with van der Waals surface area (Å²) in [6, 6.07) is 3.75. The minimum atomic E-state index is 0.397. The first kappa shape index (κ1) is 11.9. The Labute approximate surface area is 96.3 Å². The fourth-order valence-electron chi connectivity index (χ4n) is 1.53. The van der Waals surface area contributed by atoms with E-state index in [4.69, 9.17) is 18.0 Å². The predicted molar refractivity (Wildman–Crippen MR) is 68.2 cm³/mol. The van der Waals surface area contributed by atoms with E-state index in [9.17, 15) is 0 Å². The van der Waals surface area contributed by atoms with E-state index in [0.717, 1.165) is 17.9 Å². The average molecular weight is 223 g/mol. The molecule has 0 saturated carbocycles. The fraction of sp³-hybridized carbons (Fsp3) is 0.455. The maximum atomic E-state index is 5.65. The Morgan fingerprint density at radius 2 is 2.27 bits per heavy atom. The van der Waals surface area contributed by atoms with E-state index in [2.05, 4.69) is 23.7 Å². The summed E-state index contributed by atoms with van der Waals surface area (Å²) in [5, 5.41) is 0. The lowest BCUT2D eigenvalue weighted by molar-refractivity contribution is 0.634. The lowest BCUT2D eigenvalue weighted by Crippen LogP contribution is -2.26. The van der Waals surface area contributed by atoms with E-state index in [1.165, 1.54) is 0 Å². The summed E-state index contributed by atoms with van der Waals surface area (Å²) >= 11 is 4.99. The predicted octanol–water partition coefficient (Wildman–Crippen LogP) is 1.81. The summed E-state index contributed by atoms with van der Waals surface area (Å²) in [6.45, 7) is 5.27. The van der Waals surface area contributed by atoms with Crippen molar-refractivity contribution in [3.63, 3.8) is 0 Å². The van der Waals surface area contributed by atoms with Gasteiger partial charge in [0.2, 0.25) is 0 Å². The number of nitrogens with zero attached hydrogens (tertiary/aromatic N) is 2.